The number of aromatic nitrogens is 1. The third kappa shape index (κ3) is 5.54. The third-order valence-corrected chi connectivity index (χ3v) is 4.68. The van der Waals surface area contributed by atoms with Gasteiger partial charge in [-0.1, -0.05) is 35.8 Å². The Hall–Kier alpha value is -1.92. The SMILES string of the molecule is CCC(CC)N(CCOC)C(=O)c1ccc(Oc2cccc(Br)c2)nc1. The van der Waals surface area contributed by atoms with Gasteiger partial charge in [0.2, 0.25) is 5.88 Å². The molecular weight excluding hydrogens is 396 g/mol. The first kappa shape index (κ1) is 20.4. The Kier molecular flexibility index (Phi) is 8.06. The van der Waals surface area contributed by atoms with Crippen LogP contribution in [-0.2, 0) is 4.74 Å². The van der Waals surface area contributed by atoms with Crippen LogP contribution in [0, 0.1) is 0 Å². The van der Waals surface area contributed by atoms with Crippen molar-refractivity contribution in [2.45, 2.75) is 32.7 Å². The zero-order valence-electron chi connectivity index (χ0n) is 15.4. The van der Waals surface area contributed by atoms with Crippen LogP contribution in [0.2, 0.25) is 0 Å². The summed E-state index contributed by atoms with van der Waals surface area (Å²) in [5.41, 5.74) is 0.551. The van der Waals surface area contributed by atoms with Crippen molar-refractivity contribution in [2.24, 2.45) is 0 Å². The van der Waals surface area contributed by atoms with Gasteiger partial charge < -0.3 is 14.4 Å². The third-order valence-electron chi connectivity index (χ3n) is 4.18. The second-order valence-corrected chi connectivity index (χ2v) is 6.82. The minimum Gasteiger partial charge on any atom is -0.439 e. The molecule has 1 aromatic heterocycles. The molecule has 5 nitrogen and oxygen atoms in total. The van der Waals surface area contributed by atoms with E-state index in [1.54, 1.807) is 25.4 Å². The molecule has 0 radical (unpaired) electrons. The van der Waals surface area contributed by atoms with Crippen LogP contribution in [0.25, 0.3) is 0 Å². The number of hydrogen-bond acceptors (Lipinski definition) is 4. The van der Waals surface area contributed by atoms with Gasteiger partial charge in [0.05, 0.1) is 12.2 Å². The summed E-state index contributed by atoms with van der Waals surface area (Å²) in [6.07, 6.45) is 3.38. The van der Waals surface area contributed by atoms with Crippen LogP contribution in [0.15, 0.2) is 47.1 Å². The van der Waals surface area contributed by atoms with Gasteiger partial charge in [0.25, 0.3) is 5.91 Å². The number of benzene rings is 1. The van der Waals surface area contributed by atoms with E-state index in [2.05, 4.69) is 34.8 Å². The van der Waals surface area contributed by atoms with Gasteiger partial charge in [-0.15, -0.1) is 0 Å². The minimum absolute atomic E-state index is 0.0303. The molecule has 140 valence electrons. The number of amides is 1. The highest BCUT2D eigenvalue weighted by atomic mass is 79.9. The van der Waals surface area contributed by atoms with Crippen molar-refractivity contribution in [1.82, 2.24) is 9.88 Å². The molecule has 2 rings (SSSR count). The standard InChI is InChI=1S/C20H25BrN2O3/c1-4-17(5-2)23(11-12-25-3)20(24)15-9-10-19(22-14-15)26-18-8-6-7-16(21)13-18/h6-10,13-14,17H,4-5,11-12H2,1-3H3. The van der Waals surface area contributed by atoms with E-state index in [0.29, 0.717) is 30.3 Å². The number of halogens is 1. The summed E-state index contributed by atoms with van der Waals surface area (Å²) in [4.78, 5) is 19.1. The van der Waals surface area contributed by atoms with E-state index in [9.17, 15) is 4.79 Å². The molecule has 0 saturated carbocycles. The fourth-order valence-electron chi connectivity index (χ4n) is 2.75. The molecule has 6 heteroatoms. The molecule has 0 atom stereocenters. The van der Waals surface area contributed by atoms with Crippen molar-refractivity contribution in [3.8, 4) is 11.6 Å². The number of nitrogens with zero attached hydrogens (tertiary/aromatic N) is 2. The number of ether oxygens (including phenoxy) is 2. The maximum absolute atomic E-state index is 12.9. The maximum atomic E-state index is 12.9. The molecule has 0 spiro atoms. The Balaban J connectivity index is 2.12. The van der Waals surface area contributed by atoms with Crippen molar-refractivity contribution < 1.29 is 14.3 Å². The topological polar surface area (TPSA) is 51.7 Å². The fourth-order valence-corrected chi connectivity index (χ4v) is 3.13. The van der Waals surface area contributed by atoms with Gasteiger partial charge >= 0.3 is 0 Å². The molecule has 0 bridgehead atoms. The first-order valence-electron chi connectivity index (χ1n) is 8.78. The lowest BCUT2D eigenvalue weighted by molar-refractivity contribution is 0.0589. The summed E-state index contributed by atoms with van der Waals surface area (Å²) in [6.45, 7) is 5.26. The zero-order chi connectivity index (χ0) is 18.9. The molecule has 0 aliphatic heterocycles. The molecule has 1 heterocycles. The van der Waals surface area contributed by atoms with Gasteiger partial charge in [-0.2, -0.15) is 0 Å². The van der Waals surface area contributed by atoms with Crippen LogP contribution in [0.4, 0.5) is 0 Å². The zero-order valence-corrected chi connectivity index (χ0v) is 17.0. The lowest BCUT2D eigenvalue weighted by atomic mass is 10.1. The van der Waals surface area contributed by atoms with E-state index in [-0.39, 0.29) is 11.9 Å². The van der Waals surface area contributed by atoms with Gasteiger partial charge in [-0.25, -0.2) is 4.98 Å². The van der Waals surface area contributed by atoms with Crippen molar-refractivity contribution in [3.05, 3.63) is 52.6 Å². The van der Waals surface area contributed by atoms with Crippen molar-refractivity contribution >= 4 is 21.8 Å². The molecule has 2 aromatic rings. The molecule has 1 aromatic carbocycles. The Morgan fingerprint density at radius 1 is 1.23 bits per heavy atom. The summed E-state index contributed by atoms with van der Waals surface area (Å²) in [7, 11) is 1.64. The molecular formula is C20H25BrN2O3. The Morgan fingerprint density at radius 3 is 2.58 bits per heavy atom. The quantitative estimate of drug-likeness (QED) is 0.577. The normalized spacial score (nSPS) is 10.8. The Labute approximate surface area is 163 Å². The predicted octanol–water partition coefficient (Wildman–Crippen LogP) is 4.91. The van der Waals surface area contributed by atoms with E-state index in [1.165, 1.54) is 0 Å². The number of carbonyl (C=O) groups is 1. The minimum atomic E-state index is -0.0303. The molecule has 0 N–H and O–H groups in total. The molecule has 1 amide bonds. The highest BCUT2D eigenvalue weighted by molar-refractivity contribution is 9.10. The number of hydrogen-bond donors (Lipinski definition) is 0. The molecule has 26 heavy (non-hydrogen) atoms. The van der Waals surface area contributed by atoms with Crippen LogP contribution in [-0.4, -0.2) is 42.1 Å². The van der Waals surface area contributed by atoms with Gasteiger partial charge in [0, 0.05) is 36.4 Å². The largest absolute Gasteiger partial charge is 0.439 e. The summed E-state index contributed by atoms with van der Waals surface area (Å²) >= 11 is 3.41. The van der Waals surface area contributed by atoms with Gasteiger partial charge in [-0.3, -0.25) is 4.79 Å². The summed E-state index contributed by atoms with van der Waals surface area (Å²) in [5, 5.41) is 0. The van der Waals surface area contributed by atoms with Gasteiger partial charge in [-0.05, 0) is 37.1 Å². The van der Waals surface area contributed by atoms with E-state index in [4.69, 9.17) is 9.47 Å². The monoisotopic (exact) mass is 420 g/mol. The lowest BCUT2D eigenvalue weighted by Gasteiger charge is -2.30. The summed E-state index contributed by atoms with van der Waals surface area (Å²) in [6, 6.07) is 11.2. The van der Waals surface area contributed by atoms with Crippen molar-refractivity contribution in [3.63, 3.8) is 0 Å². The number of rotatable bonds is 9. The van der Waals surface area contributed by atoms with E-state index in [0.717, 1.165) is 17.3 Å². The average molecular weight is 421 g/mol. The van der Waals surface area contributed by atoms with Crippen LogP contribution in [0.1, 0.15) is 37.0 Å². The molecule has 0 aliphatic carbocycles. The molecule has 0 saturated heterocycles. The first-order chi connectivity index (χ1) is 12.6. The highest BCUT2D eigenvalue weighted by Crippen LogP contribution is 2.23. The number of carbonyl (C=O) groups excluding carboxylic acids is 1. The first-order valence-corrected chi connectivity index (χ1v) is 9.57. The van der Waals surface area contributed by atoms with Gasteiger partial charge in [0.15, 0.2) is 0 Å². The van der Waals surface area contributed by atoms with Crippen LogP contribution in [0.3, 0.4) is 0 Å². The Bertz CT molecular complexity index is 702. The van der Waals surface area contributed by atoms with Crippen molar-refractivity contribution in [1.29, 1.82) is 0 Å². The second kappa shape index (κ2) is 10.3. The average Bonchev–Trinajstić information content (AvgIpc) is 2.65. The van der Waals surface area contributed by atoms with Crippen LogP contribution >= 0.6 is 15.9 Å². The highest BCUT2D eigenvalue weighted by Gasteiger charge is 2.22. The molecule has 0 fully saturated rings. The van der Waals surface area contributed by atoms with Crippen LogP contribution < -0.4 is 4.74 Å². The van der Waals surface area contributed by atoms with Crippen LogP contribution in [0.5, 0.6) is 11.6 Å². The second-order valence-electron chi connectivity index (χ2n) is 5.91. The van der Waals surface area contributed by atoms with E-state index < -0.39 is 0 Å². The molecule has 0 unspecified atom stereocenters. The number of pyridine rings is 1. The maximum Gasteiger partial charge on any atom is 0.255 e. The molecule has 0 aliphatic rings. The van der Waals surface area contributed by atoms with E-state index >= 15 is 0 Å². The summed E-state index contributed by atoms with van der Waals surface area (Å²) in [5.74, 6) is 1.10. The lowest BCUT2D eigenvalue weighted by Crippen LogP contribution is -2.41. The van der Waals surface area contributed by atoms with E-state index in [1.807, 2.05) is 29.2 Å². The predicted molar refractivity (Wildman–Crippen MR) is 106 cm³/mol. The summed E-state index contributed by atoms with van der Waals surface area (Å²) < 4.78 is 11.8. The van der Waals surface area contributed by atoms with Crippen molar-refractivity contribution in [2.75, 3.05) is 20.3 Å². The number of methoxy groups -OCH3 is 1. The fraction of sp³-hybridized carbons (Fsp3) is 0.400. The Morgan fingerprint density at radius 2 is 2.00 bits per heavy atom. The van der Waals surface area contributed by atoms with Gasteiger partial charge in [0.1, 0.15) is 5.75 Å². The smallest absolute Gasteiger partial charge is 0.255 e.